The second-order valence-electron chi connectivity index (χ2n) is 10.3. The Morgan fingerprint density at radius 2 is 1.20 bits per heavy atom. The average molecular weight is 652 g/mol. The zero-order valence-electron chi connectivity index (χ0n) is 26.3. The van der Waals surface area contributed by atoms with Crippen LogP contribution < -0.4 is 5.73 Å². The number of carbonyl (C=O) groups excluding carboxylic acids is 3. The third-order valence-electron chi connectivity index (χ3n) is 5.67. The van der Waals surface area contributed by atoms with E-state index in [2.05, 4.69) is 4.76 Å². The minimum absolute atomic E-state index is 0.0865. The second kappa shape index (κ2) is 18.6. The van der Waals surface area contributed by atoms with E-state index in [-0.39, 0.29) is 26.4 Å². The van der Waals surface area contributed by atoms with Crippen molar-refractivity contribution in [1.82, 2.24) is 4.90 Å². The van der Waals surface area contributed by atoms with E-state index in [0.29, 0.717) is 11.1 Å². The largest absolute Gasteiger partial charge is 0.510 e. The van der Waals surface area contributed by atoms with Gasteiger partial charge in [0.1, 0.15) is 19.8 Å². The maximum atomic E-state index is 14.2. The summed E-state index contributed by atoms with van der Waals surface area (Å²) >= 11 is 0. The van der Waals surface area contributed by atoms with E-state index in [0.717, 1.165) is 4.90 Å². The molecule has 248 valence electrons. The van der Waals surface area contributed by atoms with Crippen LogP contribution in [-0.4, -0.2) is 61.9 Å². The van der Waals surface area contributed by atoms with Gasteiger partial charge in [0, 0.05) is 18.9 Å². The maximum Gasteiger partial charge on any atom is 0.510 e. The quantitative estimate of drug-likeness (QED) is 0.0593. The molecule has 0 saturated carbocycles. The van der Waals surface area contributed by atoms with Crippen molar-refractivity contribution in [3.8, 4) is 0 Å². The van der Waals surface area contributed by atoms with Gasteiger partial charge >= 0.3 is 26.0 Å². The summed E-state index contributed by atoms with van der Waals surface area (Å²) in [6, 6.07) is 17.8. The van der Waals surface area contributed by atoms with Crippen LogP contribution in [-0.2, 0) is 55.3 Å². The normalized spacial score (nSPS) is 14.2. The summed E-state index contributed by atoms with van der Waals surface area (Å²) in [7, 11) is -3.37. The van der Waals surface area contributed by atoms with Crippen LogP contribution >= 0.6 is 7.75 Å². The number of benzene rings is 2. The standard InChI is InChI=1S/C30H42N3O11P/c1-7-38-25(34)18-33(6)28(31)32-45(37,43-26(21(2)3)41-29(35)39-19-23-14-10-8-11-15-23)44-27(22(4)5)42-30(36)40-20-24-16-12-9-13-17-24/h8-17,21-22,26-27H,7,18-20H2,1-6H3,(H2,31,32,37). The molecule has 0 spiro atoms. The first-order valence-electron chi connectivity index (χ1n) is 14.3. The third kappa shape index (κ3) is 14.0. The molecule has 0 amide bonds. The van der Waals surface area contributed by atoms with E-state index >= 15 is 0 Å². The van der Waals surface area contributed by atoms with Crippen molar-refractivity contribution >= 4 is 32.0 Å². The van der Waals surface area contributed by atoms with Gasteiger partial charge in [-0.1, -0.05) is 88.4 Å². The predicted molar refractivity (Wildman–Crippen MR) is 163 cm³/mol. The lowest BCUT2D eigenvalue weighted by Gasteiger charge is -2.28. The van der Waals surface area contributed by atoms with Gasteiger partial charge in [0.05, 0.1) is 6.61 Å². The Morgan fingerprint density at radius 1 is 0.778 bits per heavy atom. The second-order valence-corrected chi connectivity index (χ2v) is 11.9. The molecule has 2 rings (SSSR count). The highest BCUT2D eigenvalue weighted by atomic mass is 31.2. The van der Waals surface area contributed by atoms with E-state index in [1.807, 2.05) is 12.1 Å². The van der Waals surface area contributed by atoms with Crippen LogP contribution in [0.4, 0.5) is 9.59 Å². The van der Waals surface area contributed by atoms with Gasteiger partial charge in [-0.05, 0) is 18.1 Å². The van der Waals surface area contributed by atoms with Crippen molar-refractivity contribution in [2.24, 2.45) is 22.3 Å². The highest BCUT2D eigenvalue weighted by Gasteiger charge is 2.39. The molecule has 2 aromatic rings. The molecule has 2 unspecified atom stereocenters. The van der Waals surface area contributed by atoms with Crippen LogP contribution in [0.3, 0.4) is 0 Å². The average Bonchev–Trinajstić information content (AvgIpc) is 2.99. The van der Waals surface area contributed by atoms with E-state index in [9.17, 15) is 18.9 Å². The van der Waals surface area contributed by atoms with E-state index in [1.165, 1.54) is 7.05 Å². The number of carbonyl (C=O) groups is 3. The molecule has 0 aliphatic rings. The number of guanidine groups is 1. The van der Waals surface area contributed by atoms with E-state index in [4.69, 9.17) is 38.5 Å². The van der Waals surface area contributed by atoms with Gasteiger partial charge in [-0.25, -0.2) is 23.2 Å². The molecule has 15 heteroatoms. The summed E-state index contributed by atoms with van der Waals surface area (Å²) in [5.41, 5.74) is 7.47. The Balaban J connectivity index is 2.27. The molecule has 0 heterocycles. The highest BCUT2D eigenvalue weighted by Crippen LogP contribution is 2.54. The Bertz CT molecular complexity index is 1220. The number of nitrogens with two attached hydrogens (primary N) is 1. The van der Waals surface area contributed by atoms with Gasteiger partial charge in [-0.15, -0.1) is 4.76 Å². The number of likely N-dealkylation sites (N-methyl/N-ethyl adjacent to an activating group) is 1. The first kappa shape index (κ1) is 37.1. The molecule has 0 saturated heterocycles. The molecular formula is C30H42N3O11P. The smallest absolute Gasteiger partial charge is 0.465 e. The fraction of sp³-hybridized carbons (Fsp3) is 0.467. The molecule has 0 aliphatic heterocycles. The van der Waals surface area contributed by atoms with Crippen molar-refractivity contribution in [1.29, 1.82) is 0 Å². The van der Waals surface area contributed by atoms with Crippen LogP contribution in [0.25, 0.3) is 0 Å². The summed E-state index contributed by atoms with van der Waals surface area (Å²) in [6.45, 7) is 7.75. The molecule has 45 heavy (non-hydrogen) atoms. The Labute approximate surface area is 263 Å². The summed E-state index contributed by atoms with van der Waals surface area (Å²) < 4.78 is 55.3. The zero-order valence-corrected chi connectivity index (χ0v) is 27.2. The van der Waals surface area contributed by atoms with Crippen molar-refractivity contribution in [2.45, 2.75) is 60.4 Å². The number of hydrogen-bond acceptors (Lipinski definition) is 11. The minimum Gasteiger partial charge on any atom is -0.465 e. The number of esters is 1. The van der Waals surface area contributed by atoms with Gasteiger partial charge in [0.15, 0.2) is 0 Å². The zero-order chi connectivity index (χ0) is 33.4. The molecule has 0 aliphatic carbocycles. The Morgan fingerprint density at radius 3 is 1.58 bits per heavy atom. The molecule has 0 bridgehead atoms. The van der Waals surface area contributed by atoms with Crippen molar-refractivity contribution in [3.63, 3.8) is 0 Å². The van der Waals surface area contributed by atoms with Crippen molar-refractivity contribution in [2.75, 3.05) is 20.2 Å². The fourth-order valence-electron chi connectivity index (χ4n) is 3.27. The third-order valence-corrected chi connectivity index (χ3v) is 7.07. The maximum absolute atomic E-state index is 14.2. The SMILES string of the molecule is CCOC(=O)CN(C)/C(N)=N/P(=O)(OC(OC(=O)OCc1ccccc1)C(C)C)OC(OC(=O)OCc1ccccc1)C(C)C. The Hall–Kier alpha value is -4.13. The molecule has 0 aromatic heterocycles. The lowest BCUT2D eigenvalue weighted by Crippen LogP contribution is -2.38. The Kier molecular flexibility index (Phi) is 15.3. The topological polar surface area (TPSA) is 175 Å². The van der Waals surface area contributed by atoms with Crippen molar-refractivity contribution in [3.05, 3.63) is 71.8 Å². The predicted octanol–water partition coefficient (Wildman–Crippen LogP) is 5.61. The molecule has 14 nitrogen and oxygen atoms in total. The minimum atomic E-state index is -4.77. The first-order chi connectivity index (χ1) is 21.3. The van der Waals surface area contributed by atoms with Crippen LogP contribution in [0, 0.1) is 11.8 Å². The monoisotopic (exact) mass is 651 g/mol. The number of ether oxygens (including phenoxy) is 5. The van der Waals surface area contributed by atoms with Crippen molar-refractivity contribution < 1.29 is 51.7 Å². The van der Waals surface area contributed by atoms with Gasteiger partial charge in [0.25, 0.3) is 0 Å². The van der Waals surface area contributed by atoms with E-state index < -0.39 is 56.4 Å². The number of hydrogen-bond donors (Lipinski definition) is 1. The molecular weight excluding hydrogens is 609 g/mol. The first-order valence-corrected chi connectivity index (χ1v) is 15.7. The summed E-state index contributed by atoms with van der Waals surface area (Å²) in [5.74, 6) is -2.23. The molecule has 0 fully saturated rings. The molecule has 0 radical (unpaired) electrons. The summed E-state index contributed by atoms with van der Waals surface area (Å²) in [5, 5.41) is 0. The lowest BCUT2D eigenvalue weighted by atomic mass is 10.2. The van der Waals surface area contributed by atoms with Gasteiger partial charge in [-0.3, -0.25) is 4.79 Å². The van der Waals surface area contributed by atoms with E-state index in [1.54, 1.807) is 83.1 Å². The molecule has 2 aromatic carbocycles. The summed E-state index contributed by atoms with van der Waals surface area (Å²) in [6.07, 6.45) is -5.24. The lowest BCUT2D eigenvalue weighted by molar-refractivity contribution is -0.143. The van der Waals surface area contributed by atoms with Gasteiger partial charge in [0.2, 0.25) is 18.5 Å². The van der Waals surface area contributed by atoms with Crippen LogP contribution in [0.15, 0.2) is 65.4 Å². The van der Waals surface area contributed by atoms with Gasteiger partial charge < -0.3 is 34.3 Å². The highest BCUT2D eigenvalue weighted by molar-refractivity contribution is 7.52. The number of nitrogens with zero attached hydrogens (tertiary/aromatic N) is 2. The summed E-state index contributed by atoms with van der Waals surface area (Å²) in [4.78, 5) is 38.2. The van der Waals surface area contributed by atoms with Crippen LogP contribution in [0.1, 0.15) is 45.7 Å². The molecule has 2 N–H and O–H groups in total. The van der Waals surface area contributed by atoms with Crippen LogP contribution in [0.2, 0.25) is 0 Å². The van der Waals surface area contributed by atoms with Crippen LogP contribution in [0.5, 0.6) is 0 Å². The molecule has 2 atom stereocenters. The number of rotatable bonds is 16. The van der Waals surface area contributed by atoms with Gasteiger partial charge in [-0.2, -0.15) is 0 Å². The fourth-order valence-corrected chi connectivity index (χ4v) is 4.91.